The fraction of sp³-hybridized carbons (Fsp3) is 0.300. The van der Waals surface area contributed by atoms with Crippen LogP contribution in [0, 0.1) is 0 Å². The van der Waals surface area contributed by atoms with Crippen molar-refractivity contribution in [2.75, 3.05) is 16.4 Å². The van der Waals surface area contributed by atoms with Gasteiger partial charge in [0.15, 0.2) is 15.0 Å². The normalized spacial score (nSPS) is 23.4. The molecule has 12 heteroatoms. The molecule has 0 aromatic heterocycles. The topological polar surface area (TPSA) is 76.0 Å². The Morgan fingerprint density at radius 3 is 2.50 bits per heavy atom. The molecule has 2 saturated heterocycles. The average Bonchev–Trinajstić information content (AvgIpc) is 3.14. The quantitative estimate of drug-likeness (QED) is 0.624. The van der Waals surface area contributed by atoms with Crippen molar-refractivity contribution in [1.82, 2.24) is 0 Å². The fourth-order valence-electron chi connectivity index (χ4n) is 3.63. The Bertz CT molecular complexity index is 1170. The molecule has 0 bridgehead atoms. The van der Waals surface area contributed by atoms with E-state index in [2.05, 4.69) is 9.73 Å². The van der Waals surface area contributed by atoms with Crippen molar-refractivity contribution in [1.29, 1.82) is 0 Å². The molecule has 0 aliphatic carbocycles. The number of nitrogens with zero attached hydrogens (tertiary/aromatic N) is 2. The Morgan fingerprint density at radius 2 is 1.84 bits per heavy atom. The van der Waals surface area contributed by atoms with E-state index >= 15 is 0 Å². The summed E-state index contributed by atoms with van der Waals surface area (Å²) in [6, 6.07) is 11.4. The SMILES string of the molecule is O=C(Cc1ccccc1Cl)N=C1S[C@H]2CS(=O)(=O)C[C@H]2N1c1ccc(OC(F)(F)F)cc1. The maximum atomic E-state index is 12.6. The number of hydrogen-bond acceptors (Lipinski definition) is 5. The van der Waals surface area contributed by atoms with Crippen LogP contribution < -0.4 is 9.64 Å². The van der Waals surface area contributed by atoms with Gasteiger partial charge >= 0.3 is 6.36 Å². The van der Waals surface area contributed by atoms with Gasteiger partial charge in [-0.3, -0.25) is 4.79 Å². The molecule has 0 radical (unpaired) electrons. The molecule has 4 rings (SSSR count). The molecule has 170 valence electrons. The number of amidine groups is 1. The van der Waals surface area contributed by atoms with E-state index in [9.17, 15) is 26.4 Å². The zero-order chi connectivity index (χ0) is 23.1. The molecule has 2 aliphatic heterocycles. The van der Waals surface area contributed by atoms with Crippen molar-refractivity contribution in [3.63, 3.8) is 0 Å². The molecule has 32 heavy (non-hydrogen) atoms. The van der Waals surface area contributed by atoms with Crippen LogP contribution in [0.5, 0.6) is 5.75 Å². The number of benzene rings is 2. The van der Waals surface area contributed by atoms with Crippen molar-refractivity contribution in [2.24, 2.45) is 4.99 Å². The number of amides is 1. The van der Waals surface area contributed by atoms with Crippen molar-refractivity contribution in [3.05, 3.63) is 59.1 Å². The number of hydrogen-bond donors (Lipinski definition) is 0. The summed E-state index contributed by atoms with van der Waals surface area (Å²) >= 11 is 7.28. The summed E-state index contributed by atoms with van der Waals surface area (Å²) in [5.41, 5.74) is 1.02. The number of carbonyl (C=O) groups is 1. The molecule has 6 nitrogen and oxygen atoms in total. The predicted octanol–water partition coefficient (Wildman–Crippen LogP) is 4.08. The molecule has 0 saturated carbocycles. The zero-order valence-electron chi connectivity index (χ0n) is 16.3. The minimum atomic E-state index is -4.83. The maximum Gasteiger partial charge on any atom is 0.573 e. The first-order chi connectivity index (χ1) is 15.0. The lowest BCUT2D eigenvalue weighted by Gasteiger charge is -2.24. The van der Waals surface area contributed by atoms with Gasteiger partial charge in [0, 0.05) is 16.0 Å². The molecule has 2 heterocycles. The minimum Gasteiger partial charge on any atom is -0.406 e. The lowest BCUT2D eigenvalue weighted by atomic mass is 10.1. The Balaban J connectivity index is 1.62. The number of rotatable bonds is 4. The number of halogens is 4. The Kier molecular flexibility index (Phi) is 6.17. The third-order valence-corrected chi connectivity index (χ3v) is 8.51. The molecule has 2 aromatic rings. The molecule has 0 spiro atoms. The van der Waals surface area contributed by atoms with E-state index in [1.807, 2.05) is 0 Å². The van der Waals surface area contributed by atoms with E-state index in [4.69, 9.17) is 11.6 Å². The number of fused-ring (bicyclic) bond motifs is 1. The highest BCUT2D eigenvalue weighted by Crippen LogP contribution is 2.41. The highest BCUT2D eigenvalue weighted by atomic mass is 35.5. The summed E-state index contributed by atoms with van der Waals surface area (Å²) < 4.78 is 65.5. The first-order valence-electron chi connectivity index (χ1n) is 9.38. The number of sulfone groups is 1. The van der Waals surface area contributed by atoms with Crippen LogP contribution in [0.1, 0.15) is 5.56 Å². The smallest absolute Gasteiger partial charge is 0.406 e. The van der Waals surface area contributed by atoms with Gasteiger partial charge in [0.25, 0.3) is 5.91 Å². The van der Waals surface area contributed by atoms with Crippen LogP contribution in [0.4, 0.5) is 18.9 Å². The van der Waals surface area contributed by atoms with Gasteiger partial charge in [-0.05, 0) is 35.9 Å². The number of aliphatic imine (C=N–C) groups is 1. The predicted molar refractivity (Wildman–Crippen MR) is 117 cm³/mol. The van der Waals surface area contributed by atoms with Crippen molar-refractivity contribution in [3.8, 4) is 5.75 Å². The Hall–Kier alpha value is -2.24. The average molecular weight is 505 g/mol. The van der Waals surface area contributed by atoms with Crippen LogP contribution in [0.2, 0.25) is 5.02 Å². The van der Waals surface area contributed by atoms with Crippen LogP contribution in [-0.4, -0.2) is 48.7 Å². The van der Waals surface area contributed by atoms with Crippen LogP contribution in [-0.2, 0) is 21.1 Å². The molecule has 1 amide bonds. The molecule has 0 N–H and O–H groups in total. The van der Waals surface area contributed by atoms with Gasteiger partial charge in [-0.25, -0.2) is 8.42 Å². The first kappa shape index (κ1) is 22.9. The number of anilines is 1. The maximum absolute atomic E-state index is 12.6. The second kappa shape index (κ2) is 8.60. The molecule has 2 fully saturated rings. The van der Waals surface area contributed by atoms with E-state index < -0.39 is 33.9 Å². The molecule has 2 atom stereocenters. The second-order valence-electron chi connectivity index (χ2n) is 7.27. The summed E-state index contributed by atoms with van der Waals surface area (Å²) in [5.74, 6) is -1.07. The summed E-state index contributed by atoms with van der Waals surface area (Å²) in [7, 11) is -3.28. The number of carbonyl (C=O) groups excluding carboxylic acids is 1. The van der Waals surface area contributed by atoms with E-state index in [0.717, 1.165) is 12.1 Å². The minimum absolute atomic E-state index is 0.0381. The lowest BCUT2D eigenvalue weighted by Crippen LogP contribution is -2.37. The molecular weight excluding hydrogens is 489 g/mol. The summed E-state index contributed by atoms with van der Waals surface area (Å²) in [6.45, 7) is 0. The van der Waals surface area contributed by atoms with E-state index in [0.29, 0.717) is 21.4 Å². The summed E-state index contributed by atoms with van der Waals surface area (Å²) in [6.07, 6.45) is -4.86. The highest BCUT2D eigenvalue weighted by molar-refractivity contribution is 8.16. The van der Waals surface area contributed by atoms with Gasteiger partial charge in [-0.1, -0.05) is 41.6 Å². The standard InChI is InChI=1S/C20H16ClF3N2O4S2/c21-15-4-2-1-3-12(15)9-18(27)25-19-26(16-10-32(28,29)11-17(16)31-19)13-5-7-14(8-6-13)30-20(22,23)24/h1-8,16-17H,9-11H2/t16-,17+/m1/s1. The Morgan fingerprint density at radius 1 is 1.16 bits per heavy atom. The van der Waals surface area contributed by atoms with Crippen LogP contribution in [0.15, 0.2) is 53.5 Å². The largest absolute Gasteiger partial charge is 0.573 e. The summed E-state index contributed by atoms with van der Waals surface area (Å²) in [4.78, 5) is 18.4. The first-order valence-corrected chi connectivity index (χ1v) is 12.5. The number of alkyl halides is 3. The lowest BCUT2D eigenvalue weighted by molar-refractivity contribution is -0.274. The van der Waals surface area contributed by atoms with E-state index in [1.54, 1.807) is 29.2 Å². The zero-order valence-corrected chi connectivity index (χ0v) is 18.6. The van der Waals surface area contributed by atoms with Crippen LogP contribution in [0.25, 0.3) is 0 Å². The molecule has 0 unspecified atom stereocenters. The monoisotopic (exact) mass is 504 g/mol. The van der Waals surface area contributed by atoms with Crippen LogP contribution >= 0.6 is 23.4 Å². The van der Waals surface area contributed by atoms with Gasteiger partial charge in [-0.15, -0.1) is 13.2 Å². The van der Waals surface area contributed by atoms with E-state index in [1.165, 1.54) is 23.9 Å². The van der Waals surface area contributed by atoms with Crippen molar-refractivity contribution < 1.29 is 31.1 Å². The van der Waals surface area contributed by atoms with Gasteiger partial charge in [0.05, 0.1) is 24.0 Å². The molecular formula is C20H16ClF3N2O4S2. The van der Waals surface area contributed by atoms with Crippen molar-refractivity contribution >= 4 is 50.0 Å². The highest BCUT2D eigenvalue weighted by Gasteiger charge is 2.49. The third kappa shape index (κ3) is 5.21. The number of thioether (sulfide) groups is 1. The third-order valence-electron chi connectivity index (χ3n) is 4.93. The fourth-order valence-corrected chi connectivity index (χ4v) is 7.76. The molecule has 2 aromatic carbocycles. The van der Waals surface area contributed by atoms with Crippen molar-refractivity contribution in [2.45, 2.75) is 24.1 Å². The van der Waals surface area contributed by atoms with E-state index in [-0.39, 0.29) is 23.2 Å². The Labute approximate surface area is 191 Å². The van der Waals surface area contributed by atoms with Gasteiger partial charge in [0.1, 0.15) is 5.75 Å². The van der Waals surface area contributed by atoms with Gasteiger partial charge in [0.2, 0.25) is 0 Å². The molecule has 2 aliphatic rings. The summed E-state index contributed by atoms with van der Waals surface area (Å²) in [5, 5.41) is 0.398. The van der Waals surface area contributed by atoms with Gasteiger partial charge in [-0.2, -0.15) is 4.99 Å². The number of ether oxygens (including phenoxy) is 1. The van der Waals surface area contributed by atoms with Crippen LogP contribution in [0.3, 0.4) is 0 Å². The second-order valence-corrected chi connectivity index (χ2v) is 11.0. The van der Waals surface area contributed by atoms with Gasteiger partial charge < -0.3 is 9.64 Å².